The van der Waals surface area contributed by atoms with Crippen LogP contribution in [0.25, 0.3) is 0 Å². The molecular weight excluding hydrogens is 264 g/mol. The van der Waals surface area contributed by atoms with Crippen LogP contribution in [0.3, 0.4) is 0 Å². The number of hydrogen-bond donors (Lipinski definition) is 0. The molecule has 1 aliphatic carbocycles. The minimum Gasteiger partial charge on any atom is -0.339 e. The van der Waals surface area contributed by atoms with Gasteiger partial charge in [-0.1, -0.05) is 39.8 Å². The second-order valence-electron chi connectivity index (χ2n) is 7.76. The quantitative estimate of drug-likeness (QED) is 0.836. The van der Waals surface area contributed by atoms with Crippen molar-refractivity contribution in [3.05, 3.63) is 11.7 Å². The lowest BCUT2D eigenvalue weighted by Gasteiger charge is -2.36. The van der Waals surface area contributed by atoms with Gasteiger partial charge in [0.25, 0.3) is 0 Å². The fourth-order valence-corrected chi connectivity index (χ4v) is 3.08. The van der Waals surface area contributed by atoms with Gasteiger partial charge in [0, 0.05) is 11.8 Å². The van der Waals surface area contributed by atoms with Crippen LogP contribution >= 0.6 is 0 Å². The second-order valence-corrected chi connectivity index (χ2v) is 7.76. The minimum atomic E-state index is 0.0163. The molecule has 21 heavy (non-hydrogen) atoms. The van der Waals surface area contributed by atoms with Crippen LogP contribution in [0, 0.1) is 17.3 Å². The topological polar surface area (TPSA) is 56.0 Å². The minimum absolute atomic E-state index is 0.0163. The van der Waals surface area contributed by atoms with E-state index in [1.54, 1.807) is 0 Å². The normalized spacial score (nSPS) is 23.5. The molecule has 0 N–H and O–H groups in total. The van der Waals surface area contributed by atoms with E-state index in [0.29, 0.717) is 17.2 Å². The van der Waals surface area contributed by atoms with Gasteiger partial charge in [-0.25, -0.2) is 0 Å². The lowest BCUT2D eigenvalue weighted by atomic mass is 9.70. The summed E-state index contributed by atoms with van der Waals surface area (Å²) in [7, 11) is 0. The van der Waals surface area contributed by atoms with Gasteiger partial charge in [0.05, 0.1) is 6.42 Å². The lowest BCUT2D eigenvalue weighted by molar-refractivity contribution is -0.121. The summed E-state index contributed by atoms with van der Waals surface area (Å²) in [5, 5.41) is 4.10. The van der Waals surface area contributed by atoms with Crippen molar-refractivity contribution in [3.63, 3.8) is 0 Å². The molecule has 1 aliphatic rings. The van der Waals surface area contributed by atoms with Gasteiger partial charge < -0.3 is 4.52 Å². The van der Waals surface area contributed by atoms with Crippen molar-refractivity contribution in [2.75, 3.05) is 0 Å². The molecule has 0 amide bonds. The zero-order chi connectivity index (χ0) is 15.6. The average Bonchev–Trinajstić information content (AvgIpc) is 2.86. The van der Waals surface area contributed by atoms with Crippen LogP contribution in [0.4, 0.5) is 0 Å². The van der Waals surface area contributed by atoms with Gasteiger partial charge in [0.15, 0.2) is 5.82 Å². The van der Waals surface area contributed by atoms with E-state index in [1.807, 2.05) is 13.8 Å². The fourth-order valence-electron chi connectivity index (χ4n) is 3.08. The molecule has 0 atom stereocenters. The lowest BCUT2D eigenvalue weighted by Crippen LogP contribution is -2.25. The summed E-state index contributed by atoms with van der Waals surface area (Å²) in [6.07, 6.45) is 4.96. The third-order valence-corrected chi connectivity index (χ3v) is 4.77. The molecule has 1 heterocycles. The van der Waals surface area contributed by atoms with Crippen LogP contribution in [0.15, 0.2) is 4.52 Å². The molecule has 0 spiro atoms. The van der Waals surface area contributed by atoms with Crippen LogP contribution in [0.1, 0.15) is 77.9 Å². The SMILES string of the molecule is CC(C)C(=O)Cc1nc(C2CCC(C(C)(C)C)CC2)no1. The average molecular weight is 292 g/mol. The highest BCUT2D eigenvalue weighted by Crippen LogP contribution is 2.42. The fraction of sp³-hybridized carbons (Fsp3) is 0.824. The number of ketones is 1. The largest absolute Gasteiger partial charge is 0.339 e. The first-order valence-electron chi connectivity index (χ1n) is 8.12. The van der Waals surface area contributed by atoms with Gasteiger partial charge in [-0.2, -0.15) is 4.98 Å². The van der Waals surface area contributed by atoms with E-state index in [1.165, 1.54) is 12.8 Å². The van der Waals surface area contributed by atoms with Crippen LogP contribution < -0.4 is 0 Å². The van der Waals surface area contributed by atoms with Crippen LogP contribution in [0.5, 0.6) is 0 Å². The smallest absolute Gasteiger partial charge is 0.234 e. The summed E-state index contributed by atoms with van der Waals surface area (Å²) in [4.78, 5) is 16.2. The van der Waals surface area contributed by atoms with Crippen molar-refractivity contribution in [1.82, 2.24) is 10.1 Å². The molecule has 2 rings (SSSR count). The summed E-state index contributed by atoms with van der Waals surface area (Å²) >= 11 is 0. The van der Waals surface area contributed by atoms with Crippen LogP contribution in [-0.4, -0.2) is 15.9 Å². The Morgan fingerprint density at radius 2 is 1.86 bits per heavy atom. The summed E-state index contributed by atoms with van der Waals surface area (Å²) in [5.41, 5.74) is 0.386. The Kier molecular flexibility index (Phi) is 4.84. The summed E-state index contributed by atoms with van der Waals surface area (Å²) < 4.78 is 5.25. The number of aromatic nitrogens is 2. The molecule has 0 unspecified atom stereocenters. The molecular formula is C17H28N2O2. The molecule has 4 nitrogen and oxygen atoms in total. The van der Waals surface area contributed by atoms with Crippen molar-refractivity contribution < 1.29 is 9.32 Å². The highest BCUT2D eigenvalue weighted by Gasteiger charge is 2.32. The summed E-state index contributed by atoms with van der Waals surface area (Å²) in [6.45, 7) is 10.8. The second kappa shape index (κ2) is 6.29. The van der Waals surface area contributed by atoms with Gasteiger partial charge in [0.2, 0.25) is 5.89 Å². The molecule has 0 saturated heterocycles. The molecule has 0 radical (unpaired) electrons. The van der Waals surface area contributed by atoms with Gasteiger partial charge in [-0.15, -0.1) is 0 Å². The van der Waals surface area contributed by atoms with Crippen molar-refractivity contribution >= 4 is 5.78 Å². The first-order valence-corrected chi connectivity index (χ1v) is 8.12. The van der Waals surface area contributed by atoms with E-state index < -0.39 is 0 Å². The zero-order valence-electron chi connectivity index (χ0n) is 14.0. The van der Waals surface area contributed by atoms with Gasteiger partial charge >= 0.3 is 0 Å². The molecule has 0 aliphatic heterocycles. The van der Waals surface area contributed by atoms with Gasteiger partial charge in [0.1, 0.15) is 5.78 Å². The van der Waals surface area contributed by atoms with E-state index >= 15 is 0 Å². The van der Waals surface area contributed by atoms with E-state index in [9.17, 15) is 4.79 Å². The maximum Gasteiger partial charge on any atom is 0.234 e. The Balaban J connectivity index is 1.93. The number of nitrogens with zero attached hydrogens (tertiary/aromatic N) is 2. The number of hydrogen-bond acceptors (Lipinski definition) is 4. The Hall–Kier alpha value is -1.19. The highest BCUT2D eigenvalue weighted by atomic mass is 16.5. The maximum absolute atomic E-state index is 11.7. The van der Waals surface area contributed by atoms with E-state index in [2.05, 4.69) is 30.9 Å². The zero-order valence-corrected chi connectivity index (χ0v) is 14.0. The number of Topliss-reactive ketones (excluding diaryl/α,β-unsaturated/α-hetero) is 1. The standard InChI is InChI=1S/C17H28N2O2/c1-11(2)14(20)10-15-18-16(19-21-15)12-6-8-13(9-7-12)17(3,4)5/h11-13H,6-10H2,1-5H3. The number of carbonyl (C=O) groups excluding carboxylic acids is 1. The summed E-state index contributed by atoms with van der Waals surface area (Å²) in [6, 6.07) is 0. The predicted molar refractivity (Wildman–Crippen MR) is 82.0 cm³/mol. The third kappa shape index (κ3) is 4.14. The van der Waals surface area contributed by atoms with Crippen molar-refractivity contribution in [2.45, 2.75) is 72.6 Å². The Labute approximate surface area is 127 Å². The van der Waals surface area contributed by atoms with E-state index in [4.69, 9.17) is 4.52 Å². The Bertz CT molecular complexity index is 477. The van der Waals surface area contributed by atoms with Crippen LogP contribution in [-0.2, 0) is 11.2 Å². The predicted octanol–water partition coefficient (Wildman–Crippen LogP) is 4.16. The van der Waals surface area contributed by atoms with Gasteiger partial charge in [-0.3, -0.25) is 4.79 Å². The Morgan fingerprint density at radius 1 is 1.24 bits per heavy atom. The first-order chi connectivity index (χ1) is 9.77. The number of rotatable bonds is 4. The molecule has 0 aromatic carbocycles. The summed E-state index contributed by atoms with van der Waals surface area (Å²) in [5.74, 6) is 2.62. The van der Waals surface area contributed by atoms with Crippen molar-refractivity contribution in [3.8, 4) is 0 Å². The third-order valence-electron chi connectivity index (χ3n) is 4.77. The van der Waals surface area contributed by atoms with E-state index in [0.717, 1.165) is 24.6 Å². The van der Waals surface area contributed by atoms with Gasteiger partial charge in [-0.05, 0) is 37.0 Å². The molecule has 1 saturated carbocycles. The van der Waals surface area contributed by atoms with E-state index in [-0.39, 0.29) is 18.1 Å². The van der Waals surface area contributed by atoms with Crippen molar-refractivity contribution in [1.29, 1.82) is 0 Å². The molecule has 1 aromatic heterocycles. The monoisotopic (exact) mass is 292 g/mol. The Morgan fingerprint density at radius 3 is 2.38 bits per heavy atom. The highest BCUT2D eigenvalue weighted by molar-refractivity contribution is 5.81. The maximum atomic E-state index is 11.7. The van der Waals surface area contributed by atoms with Crippen molar-refractivity contribution in [2.24, 2.45) is 17.3 Å². The molecule has 118 valence electrons. The molecule has 1 aromatic rings. The molecule has 0 bridgehead atoms. The molecule has 4 heteroatoms. The molecule has 1 fully saturated rings. The first kappa shape index (κ1) is 16.2. The van der Waals surface area contributed by atoms with Crippen LogP contribution in [0.2, 0.25) is 0 Å². The number of carbonyl (C=O) groups is 1.